The molecule has 3 rings (SSSR count). The molecule has 0 atom stereocenters. The first-order valence-corrected chi connectivity index (χ1v) is 7.59. The van der Waals surface area contributed by atoms with Gasteiger partial charge in [-0.2, -0.15) is 0 Å². The van der Waals surface area contributed by atoms with Crippen molar-refractivity contribution in [3.8, 4) is 5.75 Å². The molecule has 2 heterocycles. The third-order valence-electron chi connectivity index (χ3n) is 4.07. The molecular weight excluding hydrogens is 276 g/mol. The van der Waals surface area contributed by atoms with E-state index >= 15 is 0 Å². The second kappa shape index (κ2) is 6.66. The Morgan fingerprint density at radius 1 is 1.05 bits per heavy atom. The van der Waals surface area contributed by atoms with Crippen LogP contribution in [0.3, 0.4) is 0 Å². The van der Waals surface area contributed by atoms with Crippen LogP contribution in [0.4, 0.5) is 11.5 Å². The Balaban J connectivity index is 1.67. The molecule has 0 saturated carbocycles. The number of methoxy groups -OCH3 is 1. The number of aromatic nitrogens is 1. The zero-order valence-electron chi connectivity index (χ0n) is 12.9. The standard InChI is InChI=1S/C17H22N4O/c1-22-16-5-3-2-4-15(16)20-8-10-21(11-9-20)17-7-6-14(12-18)13-19-17/h2-7,13H,8-12,18H2,1H3. The van der Waals surface area contributed by atoms with Gasteiger partial charge in [0.1, 0.15) is 11.6 Å². The molecule has 0 bridgehead atoms. The molecule has 1 aliphatic rings. The summed E-state index contributed by atoms with van der Waals surface area (Å²) in [4.78, 5) is 9.18. The fraction of sp³-hybridized carbons (Fsp3) is 0.353. The molecule has 0 amide bonds. The number of rotatable bonds is 4. The lowest BCUT2D eigenvalue weighted by Crippen LogP contribution is -2.46. The van der Waals surface area contributed by atoms with Crippen LogP contribution in [0.5, 0.6) is 5.75 Å². The van der Waals surface area contributed by atoms with Crippen LogP contribution < -0.4 is 20.3 Å². The Bertz CT molecular complexity index is 606. The molecule has 1 aromatic heterocycles. The highest BCUT2D eigenvalue weighted by Crippen LogP contribution is 2.28. The number of pyridine rings is 1. The molecule has 2 N–H and O–H groups in total. The summed E-state index contributed by atoms with van der Waals surface area (Å²) < 4.78 is 5.46. The van der Waals surface area contributed by atoms with Gasteiger partial charge in [0, 0.05) is 38.9 Å². The predicted molar refractivity (Wildman–Crippen MR) is 89.5 cm³/mol. The summed E-state index contributed by atoms with van der Waals surface area (Å²) in [7, 11) is 1.72. The summed E-state index contributed by atoms with van der Waals surface area (Å²) in [5, 5.41) is 0. The predicted octanol–water partition coefficient (Wildman–Crippen LogP) is 1.88. The van der Waals surface area contributed by atoms with Crippen LogP contribution in [-0.4, -0.2) is 38.3 Å². The van der Waals surface area contributed by atoms with Gasteiger partial charge in [-0.05, 0) is 23.8 Å². The molecule has 1 aromatic carbocycles. The average molecular weight is 298 g/mol. The summed E-state index contributed by atoms with van der Waals surface area (Å²) in [6, 6.07) is 12.3. The molecule has 116 valence electrons. The number of hydrogen-bond donors (Lipinski definition) is 1. The van der Waals surface area contributed by atoms with Crippen molar-refractivity contribution in [1.29, 1.82) is 0 Å². The van der Waals surface area contributed by atoms with Gasteiger partial charge in [-0.1, -0.05) is 18.2 Å². The van der Waals surface area contributed by atoms with Crippen LogP contribution in [0.2, 0.25) is 0 Å². The number of anilines is 2. The van der Waals surface area contributed by atoms with Crippen molar-refractivity contribution in [2.45, 2.75) is 6.54 Å². The van der Waals surface area contributed by atoms with Gasteiger partial charge in [0.05, 0.1) is 12.8 Å². The van der Waals surface area contributed by atoms with Gasteiger partial charge in [-0.15, -0.1) is 0 Å². The maximum absolute atomic E-state index is 5.62. The topological polar surface area (TPSA) is 54.6 Å². The number of para-hydroxylation sites is 2. The minimum atomic E-state index is 0.537. The Morgan fingerprint density at radius 3 is 2.41 bits per heavy atom. The van der Waals surface area contributed by atoms with Crippen LogP contribution in [0.25, 0.3) is 0 Å². The highest BCUT2D eigenvalue weighted by Gasteiger charge is 2.20. The van der Waals surface area contributed by atoms with Crippen LogP contribution in [0.15, 0.2) is 42.6 Å². The van der Waals surface area contributed by atoms with E-state index in [-0.39, 0.29) is 0 Å². The van der Waals surface area contributed by atoms with Crippen molar-refractivity contribution in [3.63, 3.8) is 0 Å². The normalized spacial score (nSPS) is 15.0. The minimum absolute atomic E-state index is 0.537. The van der Waals surface area contributed by atoms with Crippen molar-refractivity contribution in [3.05, 3.63) is 48.2 Å². The maximum Gasteiger partial charge on any atom is 0.142 e. The smallest absolute Gasteiger partial charge is 0.142 e. The van der Waals surface area contributed by atoms with E-state index in [0.717, 1.165) is 49.0 Å². The number of nitrogens with two attached hydrogens (primary N) is 1. The van der Waals surface area contributed by atoms with Crippen molar-refractivity contribution in [2.24, 2.45) is 5.73 Å². The molecule has 0 spiro atoms. The van der Waals surface area contributed by atoms with E-state index in [9.17, 15) is 0 Å². The van der Waals surface area contributed by atoms with Gasteiger partial charge in [0.15, 0.2) is 0 Å². The van der Waals surface area contributed by atoms with Gasteiger partial charge >= 0.3 is 0 Å². The first-order chi connectivity index (χ1) is 10.8. The Kier molecular flexibility index (Phi) is 4.44. The molecule has 0 unspecified atom stereocenters. The lowest BCUT2D eigenvalue weighted by molar-refractivity contribution is 0.413. The molecule has 0 radical (unpaired) electrons. The van der Waals surface area contributed by atoms with Crippen LogP contribution in [-0.2, 0) is 6.54 Å². The number of piperazine rings is 1. The highest BCUT2D eigenvalue weighted by molar-refractivity contribution is 5.59. The SMILES string of the molecule is COc1ccccc1N1CCN(c2ccc(CN)cn2)CC1. The second-order valence-electron chi connectivity index (χ2n) is 5.37. The van der Waals surface area contributed by atoms with E-state index in [1.165, 1.54) is 0 Å². The molecule has 5 heteroatoms. The second-order valence-corrected chi connectivity index (χ2v) is 5.37. The third kappa shape index (κ3) is 2.99. The molecule has 1 aliphatic heterocycles. The summed E-state index contributed by atoms with van der Waals surface area (Å²) in [6.45, 7) is 4.36. The summed E-state index contributed by atoms with van der Waals surface area (Å²) in [6.07, 6.45) is 1.86. The Morgan fingerprint density at radius 2 is 1.77 bits per heavy atom. The average Bonchev–Trinajstić information content (AvgIpc) is 2.62. The van der Waals surface area contributed by atoms with Gasteiger partial charge in [0.2, 0.25) is 0 Å². The molecule has 2 aromatic rings. The van der Waals surface area contributed by atoms with Crippen molar-refractivity contribution in [1.82, 2.24) is 4.98 Å². The molecule has 22 heavy (non-hydrogen) atoms. The van der Waals surface area contributed by atoms with Gasteiger partial charge in [-0.25, -0.2) is 4.98 Å². The van der Waals surface area contributed by atoms with Gasteiger partial charge < -0.3 is 20.3 Å². The highest BCUT2D eigenvalue weighted by atomic mass is 16.5. The van der Waals surface area contributed by atoms with Crippen LogP contribution in [0, 0.1) is 0 Å². The maximum atomic E-state index is 5.62. The lowest BCUT2D eigenvalue weighted by atomic mass is 10.2. The van der Waals surface area contributed by atoms with E-state index in [0.29, 0.717) is 6.54 Å². The monoisotopic (exact) mass is 298 g/mol. The lowest BCUT2D eigenvalue weighted by Gasteiger charge is -2.37. The molecule has 1 fully saturated rings. The zero-order chi connectivity index (χ0) is 15.4. The van der Waals surface area contributed by atoms with Gasteiger partial charge in [-0.3, -0.25) is 0 Å². The number of hydrogen-bond acceptors (Lipinski definition) is 5. The van der Waals surface area contributed by atoms with E-state index in [1.807, 2.05) is 18.3 Å². The quantitative estimate of drug-likeness (QED) is 0.934. The van der Waals surface area contributed by atoms with Gasteiger partial charge in [0.25, 0.3) is 0 Å². The zero-order valence-corrected chi connectivity index (χ0v) is 12.9. The summed E-state index contributed by atoms with van der Waals surface area (Å²) in [5.74, 6) is 1.96. The first kappa shape index (κ1) is 14.7. The number of ether oxygens (including phenoxy) is 1. The molecule has 5 nitrogen and oxygen atoms in total. The minimum Gasteiger partial charge on any atom is -0.495 e. The summed E-state index contributed by atoms with van der Waals surface area (Å²) in [5.41, 5.74) is 7.85. The van der Waals surface area contributed by atoms with E-state index < -0.39 is 0 Å². The largest absolute Gasteiger partial charge is 0.495 e. The number of nitrogens with zero attached hydrogens (tertiary/aromatic N) is 3. The van der Waals surface area contributed by atoms with Crippen LogP contribution >= 0.6 is 0 Å². The van der Waals surface area contributed by atoms with E-state index in [1.54, 1.807) is 7.11 Å². The molecule has 1 saturated heterocycles. The first-order valence-electron chi connectivity index (χ1n) is 7.59. The van der Waals surface area contributed by atoms with E-state index in [4.69, 9.17) is 10.5 Å². The number of benzene rings is 1. The molecule has 0 aliphatic carbocycles. The third-order valence-corrected chi connectivity index (χ3v) is 4.07. The van der Waals surface area contributed by atoms with Crippen LogP contribution in [0.1, 0.15) is 5.56 Å². The van der Waals surface area contributed by atoms with Crippen molar-refractivity contribution < 1.29 is 4.74 Å². The summed E-state index contributed by atoms with van der Waals surface area (Å²) >= 11 is 0. The fourth-order valence-corrected chi connectivity index (χ4v) is 2.79. The Hall–Kier alpha value is -2.27. The van der Waals surface area contributed by atoms with Crippen molar-refractivity contribution >= 4 is 11.5 Å². The Labute approximate surface area is 131 Å². The fourth-order valence-electron chi connectivity index (χ4n) is 2.79. The van der Waals surface area contributed by atoms with E-state index in [2.05, 4.69) is 39.0 Å². The van der Waals surface area contributed by atoms with Crippen molar-refractivity contribution in [2.75, 3.05) is 43.1 Å². The molecular formula is C17H22N4O.